The number of aliphatic hydroxyl groups excluding tert-OH is 1. The van der Waals surface area contributed by atoms with E-state index in [0.717, 1.165) is 17.5 Å². The van der Waals surface area contributed by atoms with Crippen molar-refractivity contribution in [2.45, 2.75) is 19.4 Å². The molecule has 3 rings (SSSR count). The summed E-state index contributed by atoms with van der Waals surface area (Å²) >= 11 is 0. The van der Waals surface area contributed by atoms with Crippen LogP contribution in [-0.4, -0.2) is 45.1 Å². The maximum Gasteiger partial charge on any atom is 0.254 e. The minimum absolute atomic E-state index is 0.0140. The largest absolute Gasteiger partial charge is 0.394 e. The number of benzene rings is 1. The summed E-state index contributed by atoms with van der Waals surface area (Å²) in [5, 5.41) is 9.43. The lowest BCUT2D eigenvalue weighted by Crippen LogP contribution is -2.39. The summed E-state index contributed by atoms with van der Waals surface area (Å²) in [5.74, 6) is 0.338. The van der Waals surface area contributed by atoms with Gasteiger partial charge >= 0.3 is 0 Å². The minimum atomic E-state index is -0.0648. The third-order valence-corrected chi connectivity index (χ3v) is 4.00. The van der Waals surface area contributed by atoms with Gasteiger partial charge in [-0.25, -0.2) is 4.98 Å². The van der Waals surface area contributed by atoms with E-state index >= 15 is 0 Å². The maximum atomic E-state index is 12.5. The van der Waals surface area contributed by atoms with Gasteiger partial charge in [0.1, 0.15) is 0 Å². The highest BCUT2D eigenvalue weighted by atomic mass is 16.3. The van der Waals surface area contributed by atoms with Crippen LogP contribution in [0.3, 0.4) is 0 Å². The number of nitrogens with zero attached hydrogens (tertiary/aromatic N) is 2. The molecule has 0 spiro atoms. The highest BCUT2D eigenvalue weighted by Gasteiger charge is 2.34. The van der Waals surface area contributed by atoms with Crippen molar-refractivity contribution in [2.24, 2.45) is 5.92 Å². The summed E-state index contributed by atoms with van der Waals surface area (Å²) in [6.45, 7) is 2.82. The fourth-order valence-electron chi connectivity index (χ4n) is 2.77. The molecule has 2 N–H and O–H groups in total. The highest BCUT2D eigenvalue weighted by molar-refractivity contribution is 5.97. The molecule has 5 nitrogen and oxygen atoms in total. The number of carbonyl (C=O) groups excluding carboxylic acids is 1. The number of likely N-dealkylation sites (tertiary alicyclic amines) is 1. The molecule has 1 aliphatic heterocycles. The van der Waals surface area contributed by atoms with Crippen molar-refractivity contribution in [1.29, 1.82) is 0 Å². The number of rotatable bonds is 2. The number of amides is 1. The number of aromatic amines is 1. The van der Waals surface area contributed by atoms with Crippen molar-refractivity contribution >= 4 is 16.9 Å². The smallest absolute Gasteiger partial charge is 0.254 e. The molecule has 2 unspecified atom stereocenters. The zero-order valence-corrected chi connectivity index (χ0v) is 10.8. The molecule has 5 heteroatoms. The lowest BCUT2D eigenvalue weighted by Gasteiger charge is -2.25. The highest BCUT2D eigenvalue weighted by Crippen LogP contribution is 2.25. The standard InChI is InChI=1S/C14H17N3O2/c1-9-4-5-17(13(9)7-18)14(19)10-2-3-11-12(6-10)16-8-15-11/h2-3,6,8-9,13,18H,4-5,7H2,1H3,(H,15,16). The summed E-state index contributed by atoms with van der Waals surface area (Å²) in [6, 6.07) is 5.39. The molecule has 1 saturated heterocycles. The Labute approximate surface area is 111 Å². The average Bonchev–Trinajstić information content (AvgIpc) is 3.02. The molecule has 1 fully saturated rings. The number of nitrogens with one attached hydrogen (secondary N) is 1. The Balaban J connectivity index is 1.90. The van der Waals surface area contributed by atoms with Crippen LogP contribution in [0.2, 0.25) is 0 Å². The maximum absolute atomic E-state index is 12.5. The fourth-order valence-corrected chi connectivity index (χ4v) is 2.77. The molecule has 1 aliphatic rings. The Morgan fingerprint density at radius 3 is 3.21 bits per heavy atom. The van der Waals surface area contributed by atoms with Gasteiger partial charge in [-0.1, -0.05) is 6.92 Å². The average molecular weight is 259 g/mol. The Hall–Kier alpha value is -1.88. The number of hydrogen-bond acceptors (Lipinski definition) is 3. The summed E-state index contributed by atoms with van der Waals surface area (Å²) in [6.07, 6.45) is 2.57. The number of H-pyrrole nitrogens is 1. The quantitative estimate of drug-likeness (QED) is 0.856. The molecule has 0 saturated carbocycles. The predicted molar refractivity (Wildman–Crippen MR) is 71.8 cm³/mol. The molecule has 19 heavy (non-hydrogen) atoms. The monoisotopic (exact) mass is 259 g/mol. The van der Waals surface area contributed by atoms with Gasteiger partial charge in [0.25, 0.3) is 5.91 Å². The van der Waals surface area contributed by atoms with Crippen molar-refractivity contribution in [3.63, 3.8) is 0 Å². The van der Waals surface area contributed by atoms with Crippen molar-refractivity contribution in [2.75, 3.05) is 13.2 Å². The van der Waals surface area contributed by atoms with Crippen LogP contribution in [0.1, 0.15) is 23.7 Å². The molecule has 2 heterocycles. The number of carbonyl (C=O) groups is 1. The van der Waals surface area contributed by atoms with Gasteiger partial charge < -0.3 is 15.0 Å². The number of fused-ring (bicyclic) bond motifs is 1. The molecule has 2 atom stereocenters. The van der Waals surface area contributed by atoms with Gasteiger partial charge in [-0.05, 0) is 30.5 Å². The first-order chi connectivity index (χ1) is 9.20. The van der Waals surface area contributed by atoms with E-state index in [4.69, 9.17) is 0 Å². The lowest BCUT2D eigenvalue weighted by atomic mass is 10.0. The minimum Gasteiger partial charge on any atom is -0.394 e. The molecule has 1 aromatic heterocycles. The molecule has 0 bridgehead atoms. The lowest BCUT2D eigenvalue weighted by molar-refractivity contribution is 0.0648. The second-order valence-electron chi connectivity index (χ2n) is 5.15. The van der Waals surface area contributed by atoms with Crippen LogP contribution in [0.5, 0.6) is 0 Å². The van der Waals surface area contributed by atoms with Gasteiger partial charge in [0.15, 0.2) is 0 Å². The Kier molecular flexibility index (Phi) is 2.98. The van der Waals surface area contributed by atoms with Crippen molar-refractivity contribution in [1.82, 2.24) is 14.9 Å². The van der Waals surface area contributed by atoms with Crippen LogP contribution in [0.15, 0.2) is 24.5 Å². The van der Waals surface area contributed by atoms with E-state index in [0.29, 0.717) is 18.0 Å². The summed E-state index contributed by atoms with van der Waals surface area (Å²) < 4.78 is 0. The van der Waals surface area contributed by atoms with Gasteiger partial charge in [-0.3, -0.25) is 4.79 Å². The predicted octanol–water partition coefficient (Wildman–Crippen LogP) is 1.41. The SMILES string of the molecule is CC1CCN(C(=O)c2ccc3nc[nH]c3c2)C1CO. The first kappa shape index (κ1) is 12.2. The van der Waals surface area contributed by atoms with Crippen LogP contribution in [0.4, 0.5) is 0 Å². The zero-order valence-electron chi connectivity index (χ0n) is 10.8. The van der Waals surface area contributed by atoms with Crippen molar-refractivity contribution in [3.05, 3.63) is 30.1 Å². The number of aliphatic hydroxyl groups is 1. The van der Waals surface area contributed by atoms with E-state index in [9.17, 15) is 9.90 Å². The van der Waals surface area contributed by atoms with E-state index in [-0.39, 0.29) is 18.6 Å². The third-order valence-electron chi connectivity index (χ3n) is 4.00. The molecular formula is C14H17N3O2. The molecule has 1 amide bonds. The second kappa shape index (κ2) is 4.66. The molecular weight excluding hydrogens is 242 g/mol. The number of hydrogen-bond donors (Lipinski definition) is 2. The normalized spacial score (nSPS) is 23.2. The van der Waals surface area contributed by atoms with Gasteiger partial charge in [-0.2, -0.15) is 0 Å². The van der Waals surface area contributed by atoms with Gasteiger partial charge in [0.2, 0.25) is 0 Å². The molecule has 2 aromatic rings. The molecule has 1 aromatic carbocycles. The Morgan fingerprint density at radius 2 is 2.42 bits per heavy atom. The van der Waals surface area contributed by atoms with E-state index in [2.05, 4.69) is 16.9 Å². The Morgan fingerprint density at radius 1 is 1.58 bits per heavy atom. The summed E-state index contributed by atoms with van der Waals surface area (Å²) in [4.78, 5) is 21.4. The van der Waals surface area contributed by atoms with Crippen LogP contribution < -0.4 is 0 Å². The number of aromatic nitrogens is 2. The Bertz CT molecular complexity index is 608. The summed E-state index contributed by atoms with van der Waals surface area (Å²) in [5.41, 5.74) is 2.35. The third kappa shape index (κ3) is 2.00. The van der Waals surface area contributed by atoms with E-state index < -0.39 is 0 Å². The van der Waals surface area contributed by atoms with Crippen LogP contribution in [0.25, 0.3) is 11.0 Å². The van der Waals surface area contributed by atoms with E-state index in [1.54, 1.807) is 17.3 Å². The molecule has 0 aliphatic carbocycles. The van der Waals surface area contributed by atoms with Crippen molar-refractivity contribution in [3.8, 4) is 0 Å². The van der Waals surface area contributed by atoms with Crippen LogP contribution >= 0.6 is 0 Å². The van der Waals surface area contributed by atoms with Gasteiger partial charge in [-0.15, -0.1) is 0 Å². The topological polar surface area (TPSA) is 69.2 Å². The van der Waals surface area contributed by atoms with E-state index in [1.807, 2.05) is 12.1 Å². The van der Waals surface area contributed by atoms with Crippen molar-refractivity contribution < 1.29 is 9.90 Å². The van der Waals surface area contributed by atoms with Crippen LogP contribution in [0, 0.1) is 5.92 Å². The molecule has 100 valence electrons. The zero-order chi connectivity index (χ0) is 13.4. The van der Waals surface area contributed by atoms with Gasteiger partial charge in [0.05, 0.1) is 30.0 Å². The number of imidazole rings is 1. The second-order valence-corrected chi connectivity index (χ2v) is 5.15. The first-order valence-corrected chi connectivity index (χ1v) is 6.55. The fraction of sp³-hybridized carbons (Fsp3) is 0.429. The van der Waals surface area contributed by atoms with Crippen LogP contribution in [-0.2, 0) is 0 Å². The van der Waals surface area contributed by atoms with E-state index in [1.165, 1.54) is 0 Å². The summed E-state index contributed by atoms with van der Waals surface area (Å²) in [7, 11) is 0. The first-order valence-electron chi connectivity index (χ1n) is 6.55. The van der Waals surface area contributed by atoms with Gasteiger partial charge in [0, 0.05) is 12.1 Å². The molecule has 0 radical (unpaired) electrons.